The minimum atomic E-state index is -0.213. The monoisotopic (exact) mass is 321 g/mol. The molecule has 0 spiro atoms. The molecule has 0 aromatic carbocycles. The number of amides is 1. The van der Waals surface area contributed by atoms with E-state index in [1.165, 1.54) is 16.9 Å². The molecule has 0 saturated carbocycles. The van der Waals surface area contributed by atoms with Gasteiger partial charge < -0.3 is 4.98 Å². The molecule has 0 aliphatic heterocycles. The summed E-state index contributed by atoms with van der Waals surface area (Å²) in [6.07, 6.45) is 4.96. The minimum Gasteiger partial charge on any atom is -0.310 e. The number of hydrogen-bond donors (Lipinski definition) is 2. The molecule has 1 aliphatic carbocycles. The van der Waals surface area contributed by atoms with Crippen molar-refractivity contribution in [1.82, 2.24) is 15.4 Å². The molecule has 2 heterocycles. The first-order valence-electron chi connectivity index (χ1n) is 7.63. The lowest BCUT2D eigenvalue weighted by molar-refractivity contribution is -0.133. The number of thiophene rings is 1. The Morgan fingerprint density at radius 2 is 2.23 bits per heavy atom. The van der Waals surface area contributed by atoms with E-state index in [0.717, 1.165) is 29.5 Å². The Balaban J connectivity index is 1.81. The highest BCUT2D eigenvalue weighted by Gasteiger charge is 2.19. The van der Waals surface area contributed by atoms with Crippen molar-refractivity contribution >= 4 is 27.5 Å². The van der Waals surface area contributed by atoms with Crippen LogP contribution in [0.3, 0.4) is 0 Å². The van der Waals surface area contributed by atoms with Crippen LogP contribution in [0.5, 0.6) is 0 Å². The fourth-order valence-corrected chi connectivity index (χ4v) is 4.04. The Kier molecular flexibility index (Phi) is 4.54. The molecule has 0 unspecified atom stereocenters. The third kappa shape index (κ3) is 3.05. The predicted molar refractivity (Wildman–Crippen MR) is 85.0 cm³/mol. The summed E-state index contributed by atoms with van der Waals surface area (Å²) >= 11 is 1.62. The van der Waals surface area contributed by atoms with E-state index >= 15 is 0 Å². The molecule has 7 heteroatoms. The summed E-state index contributed by atoms with van der Waals surface area (Å²) in [6.45, 7) is 2.22. The first-order chi connectivity index (χ1) is 10.7. The van der Waals surface area contributed by atoms with Gasteiger partial charge in [0.25, 0.3) is 5.56 Å². The van der Waals surface area contributed by atoms with Gasteiger partial charge in [0, 0.05) is 17.7 Å². The van der Waals surface area contributed by atoms with Crippen molar-refractivity contribution in [1.29, 1.82) is 0 Å². The van der Waals surface area contributed by atoms with Crippen molar-refractivity contribution in [2.45, 2.75) is 45.4 Å². The summed E-state index contributed by atoms with van der Waals surface area (Å²) in [4.78, 5) is 38.2. The minimum absolute atomic E-state index is 0.0791. The van der Waals surface area contributed by atoms with Crippen LogP contribution in [0.25, 0.3) is 10.2 Å². The van der Waals surface area contributed by atoms with Crippen molar-refractivity contribution < 1.29 is 9.63 Å². The van der Waals surface area contributed by atoms with Crippen molar-refractivity contribution in [3.63, 3.8) is 0 Å². The van der Waals surface area contributed by atoms with E-state index < -0.39 is 0 Å². The molecule has 118 valence electrons. The highest BCUT2D eigenvalue weighted by molar-refractivity contribution is 7.18. The van der Waals surface area contributed by atoms with E-state index in [2.05, 4.69) is 15.4 Å². The summed E-state index contributed by atoms with van der Waals surface area (Å²) in [6, 6.07) is 0. The summed E-state index contributed by atoms with van der Waals surface area (Å²) in [5.74, 6) is 0.345. The number of aryl methyl sites for hydroxylation is 3. The van der Waals surface area contributed by atoms with Gasteiger partial charge >= 0.3 is 0 Å². The summed E-state index contributed by atoms with van der Waals surface area (Å²) in [5, 5.41) is 0.752. The molecule has 2 aromatic heterocycles. The molecular formula is C15H19N3O3S. The molecular weight excluding hydrogens is 302 g/mol. The highest BCUT2D eigenvalue weighted by Crippen LogP contribution is 2.33. The third-order valence-corrected chi connectivity index (χ3v) is 4.98. The standard InChI is InChI=1S/C15H19N3O3S/c1-2-21-18-12(19)8-7-11-16-14(20)13-9-5-3-4-6-10(9)22-15(13)17-11/h2-8H2,1H3,(H,18,19)(H,16,17,20). The van der Waals surface area contributed by atoms with Crippen molar-refractivity contribution in [2.24, 2.45) is 0 Å². The van der Waals surface area contributed by atoms with E-state index in [0.29, 0.717) is 18.9 Å². The van der Waals surface area contributed by atoms with E-state index in [9.17, 15) is 9.59 Å². The van der Waals surface area contributed by atoms with E-state index in [4.69, 9.17) is 4.84 Å². The van der Waals surface area contributed by atoms with Crippen molar-refractivity contribution in [3.05, 3.63) is 26.6 Å². The van der Waals surface area contributed by atoms with Gasteiger partial charge in [-0.25, -0.2) is 10.5 Å². The topological polar surface area (TPSA) is 84.1 Å². The maximum Gasteiger partial charge on any atom is 0.259 e. The van der Waals surface area contributed by atoms with Crippen LogP contribution in [0.1, 0.15) is 42.5 Å². The number of aromatic nitrogens is 2. The molecule has 1 amide bonds. The Morgan fingerprint density at radius 3 is 3.05 bits per heavy atom. The summed E-state index contributed by atoms with van der Waals surface area (Å²) < 4.78 is 0. The van der Waals surface area contributed by atoms with Crippen LogP contribution in [-0.4, -0.2) is 22.5 Å². The number of carbonyl (C=O) groups excluding carboxylic acids is 1. The van der Waals surface area contributed by atoms with Crippen LogP contribution in [0.15, 0.2) is 4.79 Å². The first kappa shape index (κ1) is 15.2. The molecule has 0 fully saturated rings. The highest BCUT2D eigenvalue weighted by atomic mass is 32.1. The average Bonchev–Trinajstić information content (AvgIpc) is 2.89. The van der Waals surface area contributed by atoms with Crippen LogP contribution in [0, 0.1) is 0 Å². The number of nitrogens with one attached hydrogen (secondary N) is 2. The molecule has 2 aromatic rings. The fourth-order valence-electron chi connectivity index (χ4n) is 2.76. The quantitative estimate of drug-likeness (QED) is 0.823. The van der Waals surface area contributed by atoms with Gasteiger partial charge in [-0.15, -0.1) is 11.3 Å². The Morgan fingerprint density at radius 1 is 1.41 bits per heavy atom. The number of hydrogen-bond acceptors (Lipinski definition) is 5. The fraction of sp³-hybridized carbons (Fsp3) is 0.533. The lowest BCUT2D eigenvalue weighted by Crippen LogP contribution is -2.24. The van der Waals surface area contributed by atoms with Gasteiger partial charge in [0.1, 0.15) is 10.7 Å². The van der Waals surface area contributed by atoms with Crippen LogP contribution >= 0.6 is 11.3 Å². The number of nitrogens with zero attached hydrogens (tertiary/aromatic N) is 1. The van der Waals surface area contributed by atoms with Gasteiger partial charge in [0.15, 0.2) is 0 Å². The zero-order valence-electron chi connectivity index (χ0n) is 12.5. The van der Waals surface area contributed by atoms with Gasteiger partial charge in [-0.2, -0.15) is 0 Å². The number of carbonyl (C=O) groups is 1. The largest absolute Gasteiger partial charge is 0.310 e. The third-order valence-electron chi connectivity index (χ3n) is 3.79. The Labute approximate surface area is 131 Å². The second-order valence-corrected chi connectivity index (χ2v) is 6.45. The second-order valence-electron chi connectivity index (χ2n) is 5.36. The van der Waals surface area contributed by atoms with Crippen molar-refractivity contribution in [3.8, 4) is 0 Å². The Bertz CT molecular complexity index is 750. The number of aromatic amines is 1. The molecule has 2 N–H and O–H groups in total. The van der Waals surface area contributed by atoms with Crippen LogP contribution in [-0.2, 0) is 28.9 Å². The van der Waals surface area contributed by atoms with Crippen LogP contribution in [0.4, 0.5) is 0 Å². The van der Waals surface area contributed by atoms with Gasteiger partial charge in [-0.3, -0.25) is 14.4 Å². The van der Waals surface area contributed by atoms with E-state index in [1.54, 1.807) is 18.3 Å². The molecule has 0 saturated heterocycles. The lowest BCUT2D eigenvalue weighted by atomic mass is 9.97. The molecule has 22 heavy (non-hydrogen) atoms. The van der Waals surface area contributed by atoms with Gasteiger partial charge in [-0.05, 0) is 38.2 Å². The van der Waals surface area contributed by atoms with Crippen LogP contribution < -0.4 is 11.0 Å². The maximum atomic E-state index is 12.3. The summed E-state index contributed by atoms with van der Waals surface area (Å²) in [5.41, 5.74) is 3.44. The predicted octanol–water partition coefficient (Wildman–Crippen LogP) is 1.86. The van der Waals surface area contributed by atoms with Gasteiger partial charge in [0.2, 0.25) is 5.91 Å². The molecule has 6 nitrogen and oxygen atoms in total. The number of fused-ring (bicyclic) bond motifs is 3. The number of rotatable bonds is 5. The molecule has 1 aliphatic rings. The maximum absolute atomic E-state index is 12.3. The zero-order chi connectivity index (χ0) is 15.5. The molecule has 0 atom stereocenters. The van der Waals surface area contributed by atoms with E-state index in [-0.39, 0.29) is 17.9 Å². The molecule has 3 rings (SSSR count). The number of hydroxylamine groups is 1. The zero-order valence-corrected chi connectivity index (χ0v) is 13.3. The average molecular weight is 321 g/mol. The van der Waals surface area contributed by atoms with Gasteiger partial charge in [-0.1, -0.05) is 0 Å². The SMILES string of the molecule is CCONC(=O)CCc1nc2sc3c(c2c(=O)[nH]1)CCCC3. The molecule has 0 bridgehead atoms. The number of H-pyrrole nitrogens is 1. The van der Waals surface area contributed by atoms with Crippen LogP contribution in [0.2, 0.25) is 0 Å². The summed E-state index contributed by atoms with van der Waals surface area (Å²) in [7, 11) is 0. The normalized spacial score (nSPS) is 14.0. The van der Waals surface area contributed by atoms with Gasteiger partial charge in [0.05, 0.1) is 12.0 Å². The smallest absolute Gasteiger partial charge is 0.259 e. The molecule has 0 radical (unpaired) electrons. The Hall–Kier alpha value is -1.73. The first-order valence-corrected chi connectivity index (χ1v) is 8.44. The lowest BCUT2D eigenvalue weighted by Gasteiger charge is -2.09. The van der Waals surface area contributed by atoms with E-state index in [1.807, 2.05) is 0 Å². The van der Waals surface area contributed by atoms with Crippen molar-refractivity contribution in [2.75, 3.05) is 6.61 Å². The second kappa shape index (κ2) is 6.58.